The van der Waals surface area contributed by atoms with Crippen molar-refractivity contribution in [3.8, 4) is 5.75 Å². The molecule has 1 aliphatic heterocycles. The maximum absolute atomic E-state index is 14.5. The second kappa shape index (κ2) is 5.93. The third-order valence-corrected chi connectivity index (χ3v) is 3.92. The molecular formula is C17H18F2N2O. The molecule has 1 saturated heterocycles. The van der Waals surface area contributed by atoms with E-state index in [-0.39, 0.29) is 16.9 Å². The Labute approximate surface area is 128 Å². The van der Waals surface area contributed by atoms with Gasteiger partial charge in [0.05, 0.1) is 0 Å². The number of benzene rings is 2. The first-order chi connectivity index (χ1) is 10.6. The molecule has 2 aromatic carbocycles. The van der Waals surface area contributed by atoms with Crippen molar-refractivity contribution in [1.82, 2.24) is 5.32 Å². The van der Waals surface area contributed by atoms with Crippen LogP contribution in [-0.4, -0.2) is 31.3 Å². The van der Waals surface area contributed by atoms with Gasteiger partial charge in [0.1, 0.15) is 5.75 Å². The number of aromatic hydroxyl groups is 1. The Balaban J connectivity index is 1.85. The van der Waals surface area contributed by atoms with E-state index in [0.717, 1.165) is 37.9 Å². The summed E-state index contributed by atoms with van der Waals surface area (Å²) in [5.74, 6) is -3.28. The Morgan fingerprint density at radius 2 is 1.64 bits per heavy atom. The molecule has 0 aromatic heterocycles. The molecule has 5 heteroatoms. The van der Waals surface area contributed by atoms with E-state index in [1.165, 1.54) is 30.3 Å². The van der Waals surface area contributed by atoms with Crippen molar-refractivity contribution in [3.05, 3.63) is 59.7 Å². The van der Waals surface area contributed by atoms with E-state index in [1.807, 2.05) is 0 Å². The maximum Gasteiger partial charge on any atom is 0.298 e. The number of phenolic OH excluding ortho intramolecular Hbond substituents is 1. The van der Waals surface area contributed by atoms with Gasteiger partial charge in [-0.2, -0.15) is 8.78 Å². The molecule has 0 bridgehead atoms. The van der Waals surface area contributed by atoms with Gasteiger partial charge in [0.25, 0.3) is 5.92 Å². The van der Waals surface area contributed by atoms with Crippen LogP contribution >= 0.6 is 0 Å². The molecule has 22 heavy (non-hydrogen) atoms. The van der Waals surface area contributed by atoms with Crippen molar-refractivity contribution < 1.29 is 13.9 Å². The third kappa shape index (κ3) is 2.90. The van der Waals surface area contributed by atoms with Gasteiger partial charge in [-0.15, -0.1) is 0 Å². The molecular weight excluding hydrogens is 286 g/mol. The lowest BCUT2D eigenvalue weighted by Gasteiger charge is -2.29. The summed E-state index contributed by atoms with van der Waals surface area (Å²) in [5.41, 5.74) is 0.677. The highest BCUT2D eigenvalue weighted by atomic mass is 19.3. The Morgan fingerprint density at radius 3 is 2.27 bits per heavy atom. The fourth-order valence-corrected chi connectivity index (χ4v) is 2.67. The van der Waals surface area contributed by atoms with E-state index in [4.69, 9.17) is 0 Å². The Bertz CT molecular complexity index is 637. The number of nitrogens with zero attached hydrogens (tertiary/aromatic N) is 1. The molecule has 1 aliphatic rings. The Kier molecular flexibility index (Phi) is 3.98. The van der Waals surface area contributed by atoms with Crippen LogP contribution in [0.3, 0.4) is 0 Å². The van der Waals surface area contributed by atoms with Crippen molar-refractivity contribution in [2.24, 2.45) is 0 Å². The number of rotatable bonds is 3. The average Bonchev–Trinajstić information content (AvgIpc) is 2.56. The number of phenols is 1. The summed E-state index contributed by atoms with van der Waals surface area (Å²) in [6, 6.07) is 11.6. The molecule has 0 atom stereocenters. The molecule has 0 spiro atoms. The fraction of sp³-hybridized carbons (Fsp3) is 0.294. The summed E-state index contributed by atoms with van der Waals surface area (Å²) in [7, 11) is 0. The van der Waals surface area contributed by atoms with Gasteiger partial charge in [-0.3, -0.25) is 0 Å². The Hall–Kier alpha value is -2.14. The van der Waals surface area contributed by atoms with Gasteiger partial charge >= 0.3 is 0 Å². The van der Waals surface area contributed by atoms with E-state index in [0.29, 0.717) is 0 Å². The average molecular weight is 304 g/mol. The van der Waals surface area contributed by atoms with Crippen LogP contribution in [0.4, 0.5) is 14.5 Å². The minimum Gasteiger partial charge on any atom is -0.508 e. The first-order valence-electron chi connectivity index (χ1n) is 7.31. The SMILES string of the molecule is Oc1cccc(C(F)(F)c2ccc(N3CCNCC3)cc2)c1. The monoisotopic (exact) mass is 304 g/mol. The van der Waals surface area contributed by atoms with Crippen LogP contribution in [-0.2, 0) is 5.92 Å². The molecule has 3 rings (SSSR count). The van der Waals surface area contributed by atoms with Gasteiger partial charge in [0.15, 0.2) is 0 Å². The molecule has 0 radical (unpaired) electrons. The maximum atomic E-state index is 14.5. The van der Waals surface area contributed by atoms with E-state index in [1.54, 1.807) is 12.1 Å². The number of hydrogen-bond donors (Lipinski definition) is 2. The number of nitrogens with one attached hydrogen (secondary N) is 1. The molecule has 116 valence electrons. The van der Waals surface area contributed by atoms with Crippen LogP contribution in [0.5, 0.6) is 5.75 Å². The summed E-state index contributed by atoms with van der Waals surface area (Å²) < 4.78 is 29.0. The van der Waals surface area contributed by atoms with Crippen LogP contribution in [0.25, 0.3) is 0 Å². The van der Waals surface area contributed by atoms with Crippen LogP contribution in [0.2, 0.25) is 0 Å². The van der Waals surface area contributed by atoms with Crippen molar-refractivity contribution in [1.29, 1.82) is 0 Å². The van der Waals surface area contributed by atoms with Crippen molar-refractivity contribution in [3.63, 3.8) is 0 Å². The fourth-order valence-electron chi connectivity index (χ4n) is 2.67. The minimum absolute atomic E-state index is 0.0722. The summed E-state index contributed by atoms with van der Waals surface area (Å²) >= 11 is 0. The van der Waals surface area contributed by atoms with Crippen molar-refractivity contribution in [2.45, 2.75) is 5.92 Å². The predicted molar refractivity (Wildman–Crippen MR) is 82.6 cm³/mol. The smallest absolute Gasteiger partial charge is 0.298 e. The zero-order chi connectivity index (χ0) is 15.6. The molecule has 1 heterocycles. The number of alkyl halides is 2. The number of anilines is 1. The van der Waals surface area contributed by atoms with Crippen molar-refractivity contribution >= 4 is 5.69 Å². The summed E-state index contributed by atoms with van der Waals surface area (Å²) in [4.78, 5) is 2.17. The molecule has 0 saturated carbocycles. The standard InChI is InChI=1S/C17H18F2N2O/c18-17(19,14-2-1-3-16(22)12-14)13-4-6-15(7-5-13)21-10-8-20-9-11-21/h1-7,12,20,22H,8-11H2. The lowest BCUT2D eigenvalue weighted by Crippen LogP contribution is -2.43. The van der Waals surface area contributed by atoms with Crippen LogP contribution in [0.15, 0.2) is 48.5 Å². The van der Waals surface area contributed by atoms with Crippen LogP contribution in [0, 0.1) is 0 Å². The minimum atomic E-state index is -3.12. The van der Waals surface area contributed by atoms with Crippen LogP contribution in [0.1, 0.15) is 11.1 Å². The molecule has 0 amide bonds. The topological polar surface area (TPSA) is 35.5 Å². The second-order valence-corrected chi connectivity index (χ2v) is 5.41. The van der Waals surface area contributed by atoms with Gasteiger partial charge in [0.2, 0.25) is 0 Å². The van der Waals surface area contributed by atoms with E-state index in [2.05, 4.69) is 10.2 Å². The van der Waals surface area contributed by atoms with Gasteiger partial charge in [-0.1, -0.05) is 24.3 Å². The first kappa shape index (κ1) is 14.8. The summed E-state index contributed by atoms with van der Waals surface area (Å²) in [6.07, 6.45) is 0. The van der Waals surface area contributed by atoms with Crippen LogP contribution < -0.4 is 10.2 Å². The second-order valence-electron chi connectivity index (χ2n) is 5.41. The van der Waals surface area contributed by atoms with E-state index < -0.39 is 5.92 Å². The zero-order valence-electron chi connectivity index (χ0n) is 12.1. The quantitative estimate of drug-likeness (QED) is 0.915. The van der Waals surface area contributed by atoms with Gasteiger partial charge in [-0.25, -0.2) is 0 Å². The predicted octanol–water partition coefficient (Wildman–Crippen LogP) is 2.94. The van der Waals surface area contributed by atoms with Gasteiger partial charge < -0.3 is 15.3 Å². The highest BCUT2D eigenvalue weighted by Gasteiger charge is 2.34. The Morgan fingerprint density at radius 1 is 0.955 bits per heavy atom. The van der Waals surface area contributed by atoms with Gasteiger partial charge in [0, 0.05) is 43.0 Å². The lowest BCUT2D eigenvalue weighted by atomic mass is 9.99. The molecule has 0 unspecified atom stereocenters. The number of hydrogen-bond acceptors (Lipinski definition) is 3. The largest absolute Gasteiger partial charge is 0.508 e. The molecule has 1 fully saturated rings. The number of piperazine rings is 1. The van der Waals surface area contributed by atoms with Crippen molar-refractivity contribution in [2.75, 3.05) is 31.1 Å². The number of halogens is 2. The lowest BCUT2D eigenvalue weighted by molar-refractivity contribution is 0.0426. The molecule has 3 nitrogen and oxygen atoms in total. The highest BCUT2D eigenvalue weighted by Crippen LogP contribution is 2.37. The van der Waals surface area contributed by atoms with E-state index in [9.17, 15) is 13.9 Å². The summed E-state index contributed by atoms with van der Waals surface area (Å²) in [6.45, 7) is 3.56. The first-order valence-corrected chi connectivity index (χ1v) is 7.31. The van der Waals surface area contributed by atoms with E-state index >= 15 is 0 Å². The highest BCUT2D eigenvalue weighted by molar-refractivity contribution is 5.50. The zero-order valence-corrected chi connectivity index (χ0v) is 12.1. The molecule has 0 aliphatic carbocycles. The normalized spacial score (nSPS) is 15.8. The molecule has 2 aromatic rings. The molecule has 2 N–H and O–H groups in total. The van der Waals surface area contributed by atoms with Gasteiger partial charge in [-0.05, 0) is 24.3 Å². The summed E-state index contributed by atoms with van der Waals surface area (Å²) in [5, 5.41) is 12.7. The third-order valence-electron chi connectivity index (χ3n) is 3.92.